The van der Waals surface area contributed by atoms with Gasteiger partial charge >= 0.3 is 0 Å². The van der Waals surface area contributed by atoms with E-state index >= 15 is 0 Å². The highest BCUT2D eigenvalue weighted by molar-refractivity contribution is 6.31. The monoisotopic (exact) mass is 361 g/mol. The van der Waals surface area contributed by atoms with E-state index in [1.807, 2.05) is 13.8 Å². The second-order valence-electron chi connectivity index (χ2n) is 7.09. The highest BCUT2D eigenvalue weighted by Crippen LogP contribution is 2.38. The van der Waals surface area contributed by atoms with Crippen LogP contribution in [0.15, 0.2) is 22.6 Å². The number of hydrogen-bond acceptors (Lipinski definition) is 4. The first-order chi connectivity index (χ1) is 11.7. The molecule has 132 valence electrons. The SMILES string of the molecule is COc1ccc(Cl)cc1NC(=O)c1oc2c(c1C)C(=O)CC(C)(C)C2. The third-order valence-corrected chi connectivity index (χ3v) is 4.63. The molecule has 1 aromatic heterocycles. The summed E-state index contributed by atoms with van der Waals surface area (Å²) in [6.07, 6.45) is 1.08. The van der Waals surface area contributed by atoms with Gasteiger partial charge in [0.15, 0.2) is 11.5 Å². The van der Waals surface area contributed by atoms with Gasteiger partial charge in [-0.2, -0.15) is 0 Å². The number of amides is 1. The van der Waals surface area contributed by atoms with Crippen molar-refractivity contribution in [1.29, 1.82) is 0 Å². The van der Waals surface area contributed by atoms with Crippen molar-refractivity contribution in [2.75, 3.05) is 12.4 Å². The molecule has 5 nitrogen and oxygen atoms in total. The molecule has 1 aliphatic rings. The Morgan fingerprint density at radius 3 is 2.72 bits per heavy atom. The molecule has 0 saturated carbocycles. The smallest absolute Gasteiger partial charge is 0.291 e. The molecule has 2 aromatic rings. The summed E-state index contributed by atoms with van der Waals surface area (Å²) in [5.41, 5.74) is 1.40. The normalized spacial score (nSPS) is 15.6. The summed E-state index contributed by atoms with van der Waals surface area (Å²) in [5, 5.41) is 3.23. The Labute approximate surface area is 151 Å². The Kier molecular flexibility index (Phi) is 4.37. The Balaban J connectivity index is 1.95. The highest BCUT2D eigenvalue weighted by Gasteiger charge is 2.37. The zero-order valence-corrected chi connectivity index (χ0v) is 15.4. The Bertz CT molecular complexity index is 867. The molecule has 0 radical (unpaired) electrons. The molecule has 0 fully saturated rings. The molecular formula is C19H20ClNO4. The Morgan fingerprint density at radius 1 is 1.32 bits per heavy atom. The number of benzene rings is 1. The Morgan fingerprint density at radius 2 is 2.04 bits per heavy atom. The summed E-state index contributed by atoms with van der Waals surface area (Å²) in [4.78, 5) is 25.1. The molecule has 6 heteroatoms. The van der Waals surface area contributed by atoms with Crippen LogP contribution in [0, 0.1) is 12.3 Å². The van der Waals surface area contributed by atoms with E-state index in [2.05, 4.69) is 5.32 Å². The predicted octanol–water partition coefficient (Wildman–Crippen LogP) is 4.66. The molecule has 0 spiro atoms. The number of carbonyl (C=O) groups is 2. The minimum Gasteiger partial charge on any atom is -0.495 e. The summed E-state index contributed by atoms with van der Waals surface area (Å²) in [6.45, 7) is 5.77. The van der Waals surface area contributed by atoms with Crippen LogP contribution in [0.25, 0.3) is 0 Å². The fraction of sp³-hybridized carbons (Fsp3) is 0.368. The number of fused-ring (bicyclic) bond motifs is 1. The lowest BCUT2D eigenvalue weighted by Crippen LogP contribution is -2.26. The molecule has 0 atom stereocenters. The van der Waals surface area contributed by atoms with Crippen molar-refractivity contribution >= 4 is 29.0 Å². The number of methoxy groups -OCH3 is 1. The van der Waals surface area contributed by atoms with Crippen LogP contribution in [0.2, 0.25) is 5.02 Å². The van der Waals surface area contributed by atoms with E-state index in [0.717, 1.165) is 0 Å². The maximum absolute atomic E-state index is 12.7. The molecular weight excluding hydrogens is 342 g/mol. The first-order valence-corrected chi connectivity index (χ1v) is 8.40. The number of nitrogens with one attached hydrogen (secondary N) is 1. The summed E-state index contributed by atoms with van der Waals surface area (Å²) < 4.78 is 11.0. The van der Waals surface area contributed by atoms with E-state index in [1.165, 1.54) is 7.11 Å². The second kappa shape index (κ2) is 6.23. The predicted molar refractivity (Wildman–Crippen MR) is 95.8 cm³/mol. The molecule has 1 aliphatic carbocycles. The van der Waals surface area contributed by atoms with E-state index in [0.29, 0.717) is 46.2 Å². The van der Waals surface area contributed by atoms with Crippen molar-refractivity contribution < 1.29 is 18.7 Å². The molecule has 1 heterocycles. The van der Waals surface area contributed by atoms with Crippen LogP contribution >= 0.6 is 11.6 Å². The highest BCUT2D eigenvalue weighted by atomic mass is 35.5. The third-order valence-electron chi connectivity index (χ3n) is 4.39. The fourth-order valence-electron chi connectivity index (χ4n) is 3.26. The lowest BCUT2D eigenvalue weighted by molar-refractivity contribution is 0.0898. The van der Waals surface area contributed by atoms with Gasteiger partial charge in [-0.1, -0.05) is 25.4 Å². The number of hydrogen-bond donors (Lipinski definition) is 1. The first kappa shape index (κ1) is 17.5. The zero-order chi connectivity index (χ0) is 18.4. The molecule has 3 rings (SSSR count). The van der Waals surface area contributed by atoms with Gasteiger partial charge in [-0.05, 0) is 30.5 Å². The number of anilines is 1. The number of rotatable bonds is 3. The van der Waals surface area contributed by atoms with Crippen LogP contribution in [0.3, 0.4) is 0 Å². The quantitative estimate of drug-likeness (QED) is 0.863. The lowest BCUT2D eigenvalue weighted by Gasteiger charge is -2.27. The van der Waals surface area contributed by atoms with Crippen LogP contribution < -0.4 is 10.1 Å². The molecule has 1 amide bonds. The van der Waals surface area contributed by atoms with Crippen LogP contribution in [0.4, 0.5) is 5.69 Å². The third kappa shape index (κ3) is 3.29. The van der Waals surface area contributed by atoms with Crippen molar-refractivity contribution in [3.63, 3.8) is 0 Å². The number of carbonyl (C=O) groups excluding carboxylic acids is 2. The van der Waals surface area contributed by atoms with E-state index in [1.54, 1.807) is 25.1 Å². The van der Waals surface area contributed by atoms with Crippen molar-refractivity contribution in [2.24, 2.45) is 5.41 Å². The standard InChI is InChI=1S/C19H20ClNO4/c1-10-16-13(22)8-19(2,3)9-15(16)25-17(10)18(23)21-12-7-11(20)5-6-14(12)24-4/h5-7H,8-9H2,1-4H3,(H,21,23). The molecule has 0 unspecified atom stereocenters. The molecule has 0 saturated heterocycles. The lowest BCUT2D eigenvalue weighted by atomic mass is 9.76. The van der Waals surface area contributed by atoms with Crippen molar-refractivity contribution in [1.82, 2.24) is 0 Å². The zero-order valence-electron chi connectivity index (χ0n) is 14.7. The average Bonchev–Trinajstić information content (AvgIpc) is 2.83. The largest absolute Gasteiger partial charge is 0.495 e. The second-order valence-corrected chi connectivity index (χ2v) is 7.53. The van der Waals surface area contributed by atoms with Gasteiger partial charge in [0, 0.05) is 23.4 Å². The van der Waals surface area contributed by atoms with E-state index < -0.39 is 5.91 Å². The molecule has 0 aliphatic heterocycles. The van der Waals surface area contributed by atoms with Gasteiger partial charge in [-0.15, -0.1) is 0 Å². The van der Waals surface area contributed by atoms with E-state index in [9.17, 15) is 9.59 Å². The van der Waals surface area contributed by atoms with Crippen LogP contribution in [0.1, 0.15) is 52.5 Å². The van der Waals surface area contributed by atoms with Gasteiger partial charge in [0.2, 0.25) is 0 Å². The molecule has 1 aromatic carbocycles. The van der Waals surface area contributed by atoms with Gasteiger partial charge in [0.25, 0.3) is 5.91 Å². The van der Waals surface area contributed by atoms with Gasteiger partial charge < -0.3 is 14.5 Å². The van der Waals surface area contributed by atoms with Gasteiger partial charge in [-0.3, -0.25) is 9.59 Å². The number of furan rings is 1. The molecule has 1 N–H and O–H groups in total. The summed E-state index contributed by atoms with van der Waals surface area (Å²) in [5.74, 6) is 0.814. The van der Waals surface area contributed by atoms with Crippen molar-refractivity contribution in [3.05, 3.63) is 45.9 Å². The average molecular weight is 362 g/mol. The maximum Gasteiger partial charge on any atom is 0.291 e. The topological polar surface area (TPSA) is 68.5 Å². The Hall–Kier alpha value is -2.27. The van der Waals surface area contributed by atoms with Crippen LogP contribution in [-0.2, 0) is 6.42 Å². The van der Waals surface area contributed by atoms with E-state index in [4.69, 9.17) is 20.8 Å². The van der Waals surface area contributed by atoms with Crippen molar-refractivity contribution in [2.45, 2.75) is 33.6 Å². The first-order valence-electron chi connectivity index (χ1n) is 8.02. The van der Waals surface area contributed by atoms with Gasteiger partial charge in [-0.25, -0.2) is 0 Å². The van der Waals surface area contributed by atoms with Crippen molar-refractivity contribution in [3.8, 4) is 5.75 Å². The number of halogens is 1. The van der Waals surface area contributed by atoms with Crippen LogP contribution in [0.5, 0.6) is 5.75 Å². The molecule has 25 heavy (non-hydrogen) atoms. The minimum absolute atomic E-state index is 0.0203. The number of ether oxygens (including phenoxy) is 1. The minimum atomic E-state index is -0.432. The summed E-state index contributed by atoms with van der Waals surface area (Å²) >= 11 is 5.99. The number of ketones is 1. The number of Topliss-reactive ketones (excluding diaryl/α,β-unsaturated/α-hetero) is 1. The van der Waals surface area contributed by atoms with Gasteiger partial charge in [0.1, 0.15) is 11.5 Å². The summed E-state index contributed by atoms with van der Waals surface area (Å²) in [6, 6.07) is 4.95. The summed E-state index contributed by atoms with van der Waals surface area (Å²) in [7, 11) is 1.51. The molecule has 0 bridgehead atoms. The fourth-order valence-corrected chi connectivity index (χ4v) is 3.43. The van der Waals surface area contributed by atoms with Gasteiger partial charge in [0.05, 0.1) is 18.4 Å². The van der Waals surface area contributed by atoms with Crippen LogP contribution in [-0.4, -0.2) is 18.8 Å². The maximum atomic E-state index is 12.7. The van der Waals surface area contributed by atoms with E-state index in [-0.39, 0.29) is 17.0 Å².